The summed E-state index contributed by atoms with van der Waals surface area (Å²) in [7, 11) is 0. The summed E-state index contributed by atoms with van der Waals surface area (Å²) in [4.78, 5) is 13.7. The van der Waals surface area contributed by atoms with E-state index < -0.39 is 18.8 Å². The molecule has 0 fully saturated rings. The summed E-state index contributed by atoms with van der Waals surface area (Å²) >= 11 is -2.57. The van der Waals surface area contributed by atoms with Crippen LogP contribution in [0.15, 0.2) is 109 Å². The molecule has 4 rings (SSSR count). The SMILES string of the molecule is O=C([O][Sn]([c]1ccccc1)([c]1ccccc1)[c]1ccccc1)c1cccs1. The van der Waals surface area contributed by atoms with E-state index in [9.17, 15) is 4.79 Å². The molecule has 1 aromatic heterocycles. The van der Waals surface area contributed by atoms with Crippen LogP contribution in [-0.4, -0.2) is 24.8 Å². The van der Waals surface area contributed by atoms with Gasteiger partial charge in [-0.25, -0.2) is 0 Å². The monoisotopic (exact) mass is 478 g/mol. The molecule has 27 heavy (non-hydrogen) atoms. The van der Waals surface area contributed by atoms with Gasteiger partial charge in [0.1, 0.15) is 0 Å². The number of carbonyl (C=O) groups excluding carboxylic acids is 1. The van der Waals surface area contributed by atoms with Crippen LogP contribution in [0.4, 0.5) is 0 Å². The summed E-state index contributed by atoms with van der Waals surface area (Å²) in [6, 6.07) is 34.4. The van der Waals surface area contributed by atoms with Gasteiger partial charge in [-0.2, -0.15) is 0 Å². The van der Waals surface area contributed by atoms with Crippen molar-refractivity contribution in [2.45, 2.75) is 0 Å². The standard InChI is InChI=1S/3C6H5.C5H4O2S.Sn/c3*1-2-4-6-5-3-1;6-5(7)4-2-1-3-8-4;/h3*1-5H;1-3H,(H,6,7);/q;;;;+1/p-1. The summed E-state index contributed by atoms with van der Waals surface area (Å²) in [6.45, 7) is 0. The van der Waals surface area contributed by atoms with Gasteiger partial charge in [-0.05, 0) is 0 Å². The van der Waals surface area contributed by atoms with Crippen LogP contribution < -0.4 is 10.7 Å². The molecule has 0 atom stereocenters. The third-order valence-corrected chi connectivity index (χ3v) is 16.6. The third-order valence-electron chi connectivity index (χ3n) is 4.51. The van der Waals surface area contributed by atoms with Crippen molar-refractivity contribution in [1.82, 2.24) is 0 Å². The van der Waals surface area contributed by atoms with Crippen molar-refractivity contribution in [2.75, 3.05) is 0 Å². The summed E-state index contributed by atoms with van der Waals surface area (Å²) in [5, 5.41) is 1.90. The van der Waals surface area contributed by atoms with Gasteiger partial charge >= 0.3 is 168 Å². The molecule has 4 heteroatoms. The van der Waals surface area contributed by atoms with Crippen LogP contribution in [0.5, 0.6) is 0 Å². The first kappa shape index (κ1) is 18.0. The molecule has 0 aliphatic heterocycles. The Morgan fingerprint density at radius 3 is 1.44 bits per heavy atom. The number of rotatable bonds is 5. The van der Waals surface area contributed by atoms with Crippen molar-refractivity contribution in [3.8, 4) is 0 Å². The van der Waals surface area contributed by atoms with Crippen LogP contribution in [0.3, 0.4) is 0 Å². The van der Waals surface area contributed by atoms with E-state index in [1.807, 2.05) is 72.1 Å². The van der Waals surface area contributed by atoms with Crippen molar-refractivity contribution in [3.05, 3.63) is 113 Å². The quantitative estimate of drug-likeness (QED) is 0.411. The average Bonchev–Trinajstić information content (AvgIpc) is 3.29. The molecular weight excluding hydrogens is 459 g/mol. The van der Waals surface area contributed by atoms with E-state index in [1.165, 1.54) is 11.3 Å². The molecule has 0 saturated carbocycles. The Bertz CT molecular complexity index is 904. The fraction of sp³-hybridized carbons (Fsp3) is 0. The number of carbonyl (C=O) groups is 1. The Morgan fingerprint density at radius 2 is 1.07 bits per heavy atom. The summed E-state index contributed by atoms with van der Waals surface area (Å²) in [5.41, 5.74) is 0. The van der Waals surface area contributed by atoms with Gasteiger partial charge in [-0.1, -0.05) is 0 Å². The second-order valence-corrected chi connectivity index (χ2v) is 16.5. The topological polar surface area (TPSA) is 26.3 Å². The summed E-state index contributed by atoms with van der Waals surface area (Å²) < 4.78 is 9.88. The Balaban J connectivity index is 1.96. The van der Waals surface area contributed by atoms with Gasteiger partial charge in [0.2, 0.25) is 0 Å². The normalized spacial score (nSPS) is 11.1. The molecule has 0 radical (unpaired) electrons. The molecule has 0 spiro atoms. The molecule has 0 N–H and O–H groups in total. The molecule has 1 heterocycles. The number of hydrogen-bond acceptors (Lipinski definition) is 3. The Kier molecular flexibility index (Phi) is 5.41. The molecule has 3 aromatic carbocycles. The average molecular weight is 477 g/mol. The maximum absolute atomic E-state index is 13.1. The zero-order valence-corrected chi connectivity index (χ0v) is 18.3. The predicted molar refractivity (Wildman–Crippen MR) is 114 cm³/mol. The zero-order valence-electron chi connectivity index (χ0n) is 14.6. The first-order chi connectivity index (χ1) is 13.3. The van der Waals surface area contributed by atoms with Crippen LogP contribution in [-0.2, 0) is 3.07 Å². The van der Waals surface area contributed by atoms with Gasteiger partial charge in [0.15, 0.2) is 0 Å². The fourth-order valence-corrected chi connectivity index (χ4v) is 14.7. The van der Waals surface area contributed by atoms with Gasteiger partial charge in [-0.3, -0.25) is 0 Å². The summed E-state index contributed by atoms with van der Waals surface area (Å²) in [6.07, 6.45) is 0. The van der Waals surface area contributed by atoms with Crippen LogP contribution in [0, 0.1) is 0 Å². The van der Waals surface area contributed by atoms with Gasteiger partial charge < -0.3 is 0 Å². The van der Waals surface area contributed by atoms with E-state index in [0.717, 1.165) is 10.7 Å². The third kappa shape index (κ3) is 3.57. The minimum atomic E-state index is -3.99. The molecule has 0 aliphatic carbocycles. The van der Waals surface area contributed by atoms with Crippen molar-refractivity contribution in [3.63, 3.8) is 0 Å². The Morgan fingerprint density at radius 1 is 0.630 bits per heavy atom. The zero-order chi connectivity index (χ0) is 18.5. The Hall–Kier alpha value is -2.37. The van der Waals surface area contributed by atoms with Gasteiger partial charge in [0.25, 0.3) is 0 Å². The van der Waals surface area contributed by atoms with E-state index in [2.05, 4.69) is 36.4 Å². The van der Waals surface area contributed by atoms with E-state index in [0.29, 0.717) is 4.88 Å². The van der Waals surface area contributed by atoms with E-state index in [-0.39, 0.29) is 5.97 Å². The van der Waals surface area contributed by atoms with Crippen LogP contribution in [0.2, 0.25) is 0 Å². The van der Waals surface area contributed by atoms with E-state index in [4.69, 9.17) is 3.07 Å². The van der Waals surface area contributed by atoms with Gasteiger partial charge in [-0.15, -0.1) is 0 Å². The molecule has 0 saturated heterocycles. The van der Waals surface area contributed by atoms with E-state index >= 15 is 0 Å². The minimum absolute atomic E-state index is 0.239. The van der Waals surface area contributed by atoms with E-state index in [1.54, 1.807) is 0 Å². The summed E-state index contributed by atoms with van der Waals surface area (Å²) in [5.74, 6) is -0.239. The predicted octanol–water partition coefficient (Wildman–Crippen LogP) is 3.57. The molecule has 0 bridgehead atoms. The van der Waals surface area contributed by atoms with Crippen molar-refractivity contribution < 1.29 is 7.87 Å². The fourth-order valence-electron chi connectivity index (χ4n) is 3.28. The number of hydrogen-bond donors (Lipinski definition) is 0. The number of thiophene rings is 1. The van der Waals surface area contributed by atoms with Gasteiger partial charge in [0.05, 0.1) is 0 Å². The Labute approximate surface area is 167 Å². The van der Waals surface area contributed by atoms with Crippen molar-refractivity contribution >= 4 is 46.8 Å². The van der Waals surface area contributed by atoms with Crippen LogP contribution >= 0.6 is 11.3 Å². The van der Waals surface area contributed by atoms with Gasteiger partial charge in [0, 0.05) is 0 Å². The molecule has 0 unspecified atom stereocenters. The second kappa shape index (κ2) is 8.11. The molecule has 4 aromatic rings. The number of benzene rings is 3. The molecular formula is C23H18O2SSn. The second-order valence-electron chi connectivity index (χ2n) is 6.15. The van der Waals surface area contributed by atoms with Crippen molar-refractivity contribution in [1.29, 1.82) is 0 Å². The van der Waals surface area contributed by atoms with Crippen LogP contribution in [0.1, 0.15) is 9.67 Å². The van der Waals surface area contributed by atoms with Crippen molar-refractivity contribution in [2.24, 2.45) is 0 Å². The molecule has 2 nitrogen and oxygen atoms in total. The first-order valence-corrected chi connectivity index (χ1v) is 15.1. The van der Waals surface area contributed by atoms with Crippen LogP contribution in [0.25, 0.3) is 0 Å². The first-order valence-electron chi connectivity index (χ1n) is 8.74. The maximum atomic E-state index is 13.1. The molecule has 132 valence electrons. The molecule has 0 aliphatic rings. The molecule has 0 amide bonds.